The Labute approximate surface area is 205 Å². The van der Waals surface area contributed by atoms with Gasteiger partial charge in [0.1, 0.15) is 11.8 Å². The van der Waals surface area contributed by atoms with Crippen LogP contribution in [0, 0.1) is 11.3 Å². The molecule has 3 N–H and O–H groups in total. The van der Waals surface area contributed by atoms with Crippen molar-refractivity contribution in [2.24, 2.45) is 0 Å². The number of ether oxygens (including phenoxy) is 2. The molecule has 0 radical (unpaired) electrons. The van der Waals surface area contributed by atoms with Crippen LogP contribution < -0.4 is 25.4 Å². The van der Waals surface area contributed by atoms with Gasteiger partial charge in [-0.3, -0.25) is 15.1 Å². The monoisotopic (exact) mass is 493 g/mol. The molecule has 1 aliphatic heterocycles. The van der Waals surface area contributed by atoms with Crippen molar-refractivity contribution < 1.29 is 19.1 Å². The van der Waals surface area contributed by atoms with E-state index in [0.29, 0.717) is 48.7 Å². The standard InChI is InChI=1S/C23H20ClN7O4/c24-15-10-17-19(11-16(15)28-21(32)14-4-6-26-7-5-14)34-8-2-1-3-9-35-22-18(12-25)27-13-20(30-22)31-23(33)29-17/h4-7,10-11,13H,1-3,8-9H2,(H,28,32)(H2,29,30,31,33). The minimum absolute atomic E-state index is 0.0297. The van der Waals surface area contributed by atoms with Gasteiger partial charge in [0.25, 0.3) is 11.8 Å². The van der Waals surface area contributed by atoms with Gasteiger partial charge in [-0.1, -0.05) is 11.6 Å². The minimum atomic E-state index is -0.640. The van der Waals surface area contributed by atoms with Crippen LogP contribution in [0.4, 0.5) is 22.0 Å². The Bertz CT molecular complexity index is 1280. The number of aromatic nitrogens is 3. The normalized spacial score (nSPS) is 13.8. The van der Waals surface area contributed by atoms with Crippen molar-refractivity contribution in [3.05, 3.63) is 59.1 Å². The lowest BCUT2D eigenvalue weighted by Crippen LogP contribution is -2.21. The highest BCUT2D eigenvalue weighted by atomic mass is 35.5. The summed E-state index contributed by atoms with van der Waals surface area (Å²) >= 11 is 6.40. The summed E-state index contributed by atoms with van der Waals surface area (Å²) in [5.41, 5.74) is 1.06. The molecule has 4 rings (SSSR count). The number of carbonyl (C=O) groups excluding carboxylic acids is 2. The molecule has 0 saturated carbocycles. The van der Waals surface area contributed by atoms with Crippen molar-refractivity contribution in [2.75, 3.05) is 29.2 Å². The second-order valence-corrected chi connectivity index (χ2v) is 7.78. The lowest BCUT2D eigenvalue weighted by Gasteiger charge is -2.16. The molecule has 12 heteroatoms. The number of anilines is 3. The first kappa shape index (κ1) is 23.7. The van der Waals surface area contributed by atoms with Crippen LogP contribution >= 0.6 is 11.6 Å². The summed E-state index contributed by atoms with van der Waals surface area (Å²) in [7, 11) is 0. The molecule has 2 aromatic heterocycles. The van der Waals surface area contributed by atoms with Crippen molar-refractivity contribution in [3.8, 4) is 17.7 Å². The molecule has 1 aromatic carbocycles. The molecule has 0 aliphatic carbocycles. The molecule has 35 heavy (non-hydrogen) atoms. The SMILES string of the molecule is N#Cc1ncc2nc1OCCCCCOc1cc(NC(=O)c3ccncc3)c(Cl)cc1NC(=O)N2. The summed E-state index contributed by atoms with van der Waals surface area (Å²) in [6.45, 7) is 0.684. The van der Waals surface area contributed by atoms with Crippen molar-refractivity contribution in [1.29, 1.82) is 5.26 Å². The number of nitriles is 1. The highest BCUT2D eigenvalue weighted by Gasteiger charge is 2.17. The van der Waals surface area contributed by atoms with E-state index in [9.17, 15) is 14.9 Å². The van der Waals surface area contributed by atoms with E-state index < -0.39 is 6.03 Å². The Morgan fingerprint density at radius 1 is 1.11 bits per heavy atom. The molecule has 3 heterocycles. The molecule has 0 atom stereocenters. The molecule has 3 amide bonds. The minimum Gasteiger partial charge on any atom is -0.491 e. The van der Waals surface area contributed by atoms with Crippen molar-refractivity contribution in [2.45, 2.75) is 19.3 Å². The number of urea groups is 1. The van der Waals surface area contributed by atoms with Gasteiger partial charge in [-0.25, -0.2) is 9.78 Å². The van der Waals surface area contributed by atoms with Crippen LogP contribution in [-0.2, 0) is 0 Å². The topological polar surface area (TPSA) is 151 Å². The van der Waals surface area contributed by atoms with Crippen molar-refractivity contribution in [1.82, 2.24) is 15.0 Å². The van der Waals surface area contributed by atoms with Gasteiger partial charge in [-0.15, -0.1) is 0 Å². The molecule has 0 spiro atoms. The van der Waals surface area contributed by atoms with E-state index >= 15 is 0 Å². The van der Waals surface area contributed by atoms with Crippen LogP contribution in [-0.4, -0.2) is 40.1 Å². The molecular weight excluding hydrogens is 474 g/mol. The van der Waals surface area contributed by atoms with Crippen molar-refractivity contribution >= 4 is 40.7 Å². The molecule has 178 valence electrons. The Morgan fingerprint density at radius 2 is 1.89 bits per heavy atom. The number of hydrogen-bond donors (Lipinski definition) is 3. The molecule has 2 bridgehead atoms. The fraction of sp³-hybridized carbons (Fsp3) is 0.217. The highest BCUT2D eigenvalue weighted by molar-refractivity contribution is 6.34. The van der Waals surface area contributed by atoms with Crippen LogP contribution in [0.2, 0.25) is 5.02 Å². The van der Waals surface area contributed by atoms with E-state index in [0.717, 1.165) is 6.42 Å². The number of nitrogens with one attached hydrogen (secondary N) is 3. The zero-order valence-corrected chi connectivity index (χ0v) is 19.1. The number of rotatable bonds is 2. The Hall–Kier alpha value is -4.43. The Balaban J connectivity index is 1.59. The van der Waals surface area contributed by atoms with Gasteiger partial charge in [0.15, 0.2) is 5.82 Å². The number of hydrogen-bond acceptors (Lipinski definition) is 8. The van der Waals surface area contributed by atoms with Crippen LogP contribution in [0.25, 0.3) is 0 Å². The fourth-order valence-corrected chi connectivity index (χ4v) is 3.39. The molecule has 1 aliphatic rings. The van der Waals surface area contributed by atoms with E-state index in [4.69, 9.17) is 21.1 Å². The average Bonchev–Trinajstić information content (AvgIpc) is 2.86. The third-order valence-electron chi connectivity index (χ3n) is 4.88. The second kappa shape index (κ2) is 11.1. The quantitative estimate of drug-likeness (QED) is 0.479. The zero-order chi connectivity index (χ0) is 24.6. The van der Waals surface area contributed by atoms with Crippen molar-refractivity contribution in [3.63, 3.8) is 0 Å². The van der Waals surface area contributed by atoms with Crippen LogP contribution in [0.15, 0.2) is 42.9 Å². The number of nitrogens with zero attached hydrogens (tertiary/aromatic N) is 4. The summed E-state index contributed by atoms with van der Waals surface area (Å²) < 4.78 is 11.5. The van der Waals surface area contributed by atoms with Gasteiger partial charge in [0, 0.05) is 24.0 Å². The summed E-state index contributed by atoms with van der Waals surface area (Å²) in [5.74, 6) is 0.107. The molecule has 11 nitrogen and oxygen atoms in total. The lowest BCUT2D eigenvalue weighted by molar-refractivity contribution is 0.102. The van der Waals surface area contributed by atoms with Gasteiger partial charge in [0.05, 0.1) is 35.8 Å². The maximum atomic E-state index is 12.6. The summed E-state index contributed by atoms with van der Waals surface area (Å²) in [4.78, 5) is 37.2. The zero-order valence-electron chi connectivity index (χ0n) is 18.4. The number of halogens is 1. The summed E-state index contributed by atoms with van der Waals surface area (Å²) in [5, 5.41) is 17.4. The molecule has 0 unspecified atom stereocenters. The largest absolute Gasteiger partial charge is 0.491 e. The Kier molecular flexibility index (Phi) is 7.54. The predicted octanol–water partition coefficient (Wildman–Crippen LogP) is 4.23. The smallest absolute Gasteiger partial charge is 0.325 e. The van der Waals surface area contributed by atoms with Gasteiger partial charge in [-0.2, -0.15) is 10.2 Å². The molecule has 0 saturated heterocycles. The number of pyridine rings is 1. The van der Waals surface area contributed by atoms with E-state index in [-0.39, 0.29) is 28.3 Å². The van der Waals surface area contributed by atoms with Gasteiger partial charge in [-0.05, 0) is 37.5 Å². The third-order valence-corrected chi connectivity index (χ3v) is 5.19. The number of carbonyl (C=O) groups is 2. The van der Waals surface area contributed by atoms with Gasteiger partial charge < -0.3 is 20.1 Å². The molecular formula is C23H20ClN7O4. The maximum Gasteiger partial charge on any atom is 0.325 e. The van der Waals surface area contributed by atoms with E-state index in [1.54, 1.807) is 18.2 Å². The van der Waals surface area contributed by atoms with E-state index in [2.05, 4.69) is 30.9 Å². The summed E-state index contributed by atoms with van der Waals surface area (Å²) in [6, 6.07) is 7.47. The highest BCUT2D eigenvalue weighted by Crippen LogP contribution is 2.35. The number of amides is 3. The number of benzene rings is 1. The first-order chi connectivity index (χ1) is 17.0. The molecule has 0 fully saturated rings. The average molecular weight is 494 g/mol. The Morgan fingerprint density at radius 3 is 2.66 bits per heavy atom. The third kappa shape index (κ3) is 6.13. The van der Waals surface area contributed by atoms with Crippen LogP contribution in [0.3, 0.4) is 0 Å². The first-order valence-electron chi connectivity index (χ1n) is 10.7. The van der Waals surface area contributed by atoms with E-state index in [1.807, 2.05) is 6.07 Å². The first-order valence-corrected chi connectivity index (χ1v) is 11.1. The summed E-state index contributed by atoms with van der Waals surface area (Å²) in [6.07, 6.45) is 6.47. The predicted molar refractivity (Wildman–Crippen MR) is 128 cm³/mol. The lowest BCUT2D eigenvalue weighted by atomic mass is 10.2. The van der Waals surface area contributed by atoms with Gasteiger partial charge >= 0.3 is 6.03 Å². The van der Waals surface area contributed by atoms with Crippen LogP contribution in [0.5, 0.6) is 11.6 Å². The maximum absolute atomic E-state index is 12.6. The fourth-order valence-electron chi connectivity index (χ4n) is 3.18. The van der Waals surface area contributed by atoms with E-state index in [1.165, 1.54) is 24.7 Å². The van der Waals surface area contributed by atoms with Crippen LogP contribution in [0.1, 0.15) is 35.3 Å². The number of fused-ring (bicyclic) bond motifs is 3. The van der Waals surface area contributed by atoms with Gasteiger partial charge in [0.2, 0.25) is 5.69 Å². The molecule has 3 aromatic rings. The second-order valence-electron chi connectivity index (χ2n) is 7.38.